The number of carbonyl (C=O) groups excluding carboxylic acids is 1. The Hall–Kier alpha value is -1.99. The number of allylic oxidation sites excluding steroid dienone is 1. The lowest BCUT2D eigenvalue weighted by atomic mass is 10.1. The molecule has 1 amide bonds. The van der Waals surface area contributed by atoms with Crippen molar-refractivity contribution in [3.63, 3.8) is 0 Å². The number of nitrogens with two attached hydrogens (primary N) is 1. The zero-order valence-corrected chi connectivity index (χ0v) is 16.0. The topological polar surface area (TPSA) is 150 Å². The van der Waals surface area contributed by atoms with E-state index in [9.17, 15) is 14.2 Å². The molecule has 8 nitrogen and oxygen atoms in total. The van der Waals surface area contributed by atoms with Crippen LogP contribution < -0.4 is 11.1 Å². The number of carboxylic acid groups (broad SMARTS) is 1. The molecule has 0 aliphatic carbocycles. The second kappa shape index (κ2) is 11.7. The van der Waals surface area contributed by atoms with Crippen LogP contribution in [0, 0.1) is 0 Å². The van der Waals surface area contributed by atoms with Gasteiger partial charge in [0.15, 0.2) is 0 Å². The van der Waals surface area contributed by atoms with Crippen LogP contribution in [0.25, 0.3) is 0 Å². The SMILES string of the molecule is NC(/C=C(\CCCCCCNC(=O)c1ccccc1)CP(=O)(O)O)C(=O)O. The van der Waals surface area contributed by atoms with E-state index in [-0.39, 0.29) is 5.91 Å². The highest BCUT2D eigenvalue weighted by atomic mass is 31.2. The van der Waals surface area contributed by atoms with Crippen LogP contribution in [0.4, 0.5) is 0 Å². The second-order valence-electron chi connectivity index (χ2n) is 6.30. The maximum absolute atomic E-state index is 11.9. The Morgan fingerprint density at radius 2 is 1.74 bits per heavy atom. The number of benzene rings is 1. The molecule has 1 aromatic carbocycles. The van der Waals surface area contributed by atoms with Gasteiger partial charge in [-0.05, 0) is 31.4 Å². The first-order valence-corrected chi connectivity index (χ1v) is 10.5. The summed E-state index contributed by atoms with van der Waals surface area (Å²) < 4.78 is 11.2. The van der Waals surface area contributed by atoms with Crippen molar-refractivity contribution in [3.8, 4) is 0 Å². The van der Waals surface area contributed by atoms with Gasteiger partial charge in [0.05, 0.1) is 6.16 Å². The Morgan fingerprint density at radius 1 is 1.11 bits per heavy atom. The standard InChI is InChI=1S/C18H27N2O6P/c19-16(18(22)23)12-14(13-27(24,25)26)8-4-1-2-7-11-20-17(21)15-9-5-3-6-10-15/h3,5-6,9-10,12,16H,1-2,4,7-8,11,13,19H2,(H,20,21)(H,22,23)(H2,24,25,26)/b14-12+. The van der Waals surface area contributed by atoms with E-state index in [4.69, 9.17) is 20.6 Å². The molecule has 27 heavy (non-hydrogen) atoms. The summed E-state index contributed by atoms with van der Waals surface area (Å²) in [5, 5.41) is 11.7. The van der Waals surface area contributed by atoms with Gasteiger partial charge in [-0.1, -0.05) is 42.7 Å². The molecule has 150 valence electrons. The molecule has 1 atom stereocenters. The summed E-state index contributed by atoms with van der Waals surface area (Å²) in [6, 6.07) is 7.65. The zero-order chi connectivity index (χ0) is 20.3. The fourth-order valence-electron chi connectivity index (χ4n) is 2.53. The lowest BCUT2D eigenvalue weighted by molar-refractivity contribution is -0.137. The molecule has 9 heteroatoms. The summed E-state index contributed by atoms with van der Waals surface area (Å²) in [6.07, 6.45) is 4.17. The van der Waals surface area contributed by atoms with Gasteiger partial charge < -0.3 is 25.9 Å². The fourth-order valence-corrected chi connectivity index (χ4v) is 3.32. The van der Waals surface area contributed by atoms with Gasteiger partial charge in [-0.3, -0.25) is 14.2 Å². The third-order valence-electron chi connectivity index (χ3n) is 3.86. The quantitative estimate of drug-likeness (QED) is 0.205. The maximum Gasteiger partial charge on any atom is 0.329 e. The van der Waals surface area contributed by atoms with Crippen LogP contribution in [-0.4, -0.2) is 45.5 Å². The number of carboxylic acids is 1. The molecule has 0 aromatic heterocycles. The van der Waals surface area contributed by atoms with E-state index >= 15 is 0 Å². The van der Waals surface area contributed by atoms with Crippen molar-refractivity contribution in [2.75, 3.05) is 12.7 Å². The molecule has 0 saturated carbocycles. The third-order valence-corrected chi connectivity index (χ3v) is 4.67. The minimum absolute atomic E-state index is 0.120. The maximum atomic E-state index is 11.9. The number of nitrogens with one attached hydrogen (secondary N) is 1. The Bertz CT molecular complexity index is 686. The molecule has 6 N–H and O–H groups in total. The van der Waals surface area contributed by atoms with Crippen molar-refractivity contribution in [3.05, 3.63) is 47.5 Å². The fraction of sp³-hybridized carbons (Fsp3) is 0.444. The molecule has 0 aliphatic rings. The van der Waals surface area contributed by atoms with Gasteiger partial charge in [0.25, 0.3) is 5.91 Å². The van der Waals surface area contributed by atoms with Gasteiger partial charge in [0.2, 0.25) is 0 Å². The lowest BCUT2D eigenvalue weighted by Gasteiger charge is -2.11. The summed E-state index contributed by atoms with van der Waals surface area (Å²) in [4.78, 5) is 40.9. The first-order chi connectivity index (χ1) is 12.7. The Morgan fingerprint density at radius 3 is 2.33 bits per heavy atom. The number of unbranched alkanes of at least 4 members (excludes halogenated alkanes) is 3. The summed E-state index contributed by atoms with van der Waals surface area (Å²) in [5.41, 5.74) is 6.38. The molecule has 1 unspecified atom stereocenters. The molecule has 0 fully saturated rings. The highest BCUT2D eigenvalue weighted by Crippen LogP contribution is 2.38. The van der Waals surface area contributed by atoms with Crippen LogP contribution in [0.3, 0.4) is 0 Å². The first kappa shape index (κ1) is 23.0. The van der Waals surface area contributed by atoms with E-state index < -0.39 is 25.8 Å². The predicted molar refractivity (Wildman–Crippen MR) is 102 cm³/mol. The molecule has 1 aromatic rings. The minimum Gasteiger partial charge on any atom is -0.480 e. The van der Waals surface area contributed by atoms with Gasteiger partial charge in [-0.15, -0.1) is 0 Å². The number of amides is 1. The van der Waals surface area contributed by atoms with Crippen LogP contribution in [0.1, 0.15) is 42.5 Å². The molecular formula is C18H27N2O6P. The van der Waals surface area contributed by atoms with Crippen molar-refractivity contribution < 1.29 is 29.0 Å². The van der Waals surface area contributed by atoms with Crippen LogP contribution in [0.5, 0.6) is 0 Å². The van der Waals surface area contributed by atoms with Crippen LogP contribution in [0.15, 0.2) is 42.0 Å². The summed E-state index contributed by atoms with van der Waals surface area (Å²) in [5.74, 6) is -1.36. The molecular weight excluding hydrogens is 371 g/mol. The average molecular weight is 398 g/mol. The van der Waals surface area contributed by atoms with E-state index in [1.165, 1.54) is 6.08 Å². The largest absolute Gasteiger partial charge is 0.480 e. The van der Waals surface area contributed by atoms with E-state index in [1.807, 2.05) is 6.07 Å². The number of hydrogen-bond acceptors (Lipinski definition) is 4. The number of carbonyl (C=O) groups is 2. The van der Waals surface area contributed by atoms with E-state index in [0.717, 1.165) is 19.3 Å². The van der Waals surface area contributed by atoms with Crippen molar-refractivity contribution in [1.82, 2.24) is 5.32 Å². The highest BCUT2D eigenvalue weighted by Gasteiger charge is 2.18. The van der Waals surface area contributed by atoms with E-state index in [2.05, 4.69) is 5.32 Å². The Balaban J connectivity index is 2.30. The molecule has 0 bridgehead atoms. The third kappa shape index (κ3) is 10.7. The molecule has 0 spiro atoms. The molecule has 1 rings (SSSR count). The lowest BCUT2D eigenvalue weighted by Crippen LogP contribution is -2.28. The summed E-state index contributed by atoms with van der Waals surface area (Å²) >= 11 is 0. The van der Waals surface area contributed by atoms with Crippen LogP contribution in [-0.2, 0) is 9.36 Å². The van der Waals surface area contributed by atoms with Gasteiger partial charge >= 0.3 is 13.6 Å². The number of rotatable bonds is 12. The molecule has 0 saturated heterocycles. The normalized spacial score (nSPS) is 13.2. The Labute approximate surface area is 158 Å². The second-order valence-corrected chi connectivity index (χ2v) is 7.94. The highest BCUT2D eigenvalue weighted by molar-refractivity contribution is 7.52. The number of hydrogen-bond donors (Lipinski definition) is 5. The summed E-state index contributed by atoms with van der Waals surface area (Å²) in [7, 11) is -4.28. The van der Waals surface area contributed by atoms with Crippen molar-refractivity contribution >= 4 is 19.5 Å². The van der Waals surface area contributed by atoms with Gasteiger partial charge in [-0.2, -0.15) is 0 Å². The monoisotopic (exact) mass is 398 g/mol. The van der Waals surface area contributed by atoms with Crippen molar-refractivity contribution in [2.45, 2.75) is 38.1 Å². The van der Waals surface area contributed by atoms with Gasteiger partial charge in [0.1, 0.15) is 6.04 Å². The van der Waals surface area contributed by atoms with Crippen LogP contribution >= 0.6 is 7.60 Å². The Kier molecular flexibility index (Phi) is 9.96. The van der Waals surface area contributed by atoms with Crippen molar-refractivity contribution in [1.29, 1.82) is 0 Å². The first-order valence-electron chi connectivity index (χ1n) is 8.75. The molecule has 0 radical (unpaired) electrons. The van der Waals surface area contributed by atoms with E-state index in [1.54, 1.807) is 24.3 Å². The summed E-state index contributed by atoms with van der Waals surface area (Å²) in [6.45, 7) is 0.544. The average Bonchev–Trinajstić information content (AvgIpc) is 2.59. The van der Waals surface area contributed by atoms with Crippen molar-refractivity contribution in [2.24, 2.45) is 5.73 Å². The number of aliphatic carboxylic acids is 1. The van der Waals surface area contributed by atoms with E-state index in [0.29, 0.717) is 30.5 Å². The van der Waals surface area contributed by atoms with Crippen LogP contribution in [0.2, 0.25) is 0 Å². The minimum atomic E-state index is -4.28. The van der Waals surface area contributed by atoms with Gasteiger partial charge in [0, 0.05) is 12.1 Å². The molecule has 0 heterocycles. The smallest absolute Gasteiger partial charge is 0.329 e. The van der Waals surface area contributed by atoms with Gasteiger partial charge in [-0.25, -0.2) is 0 Å². The molecule has 0 aliphatic heterocycles. The predicted octanol–water partition coefficient (Wildman–Crippen LogP) is 1.88. The zero-order valence-electron chi connectivity index (χ0n) is 15.1.